The summed E-state index contributed by atoms with van der Waals surface area (Å²) in [5.74, 6) is -1.19. The lowest BCUT2D eigenvalue weighted by Gasteiger charge is -2.12. The van der Waals surface area contributed by atoms with Gasteiger partial charge in [-0.25, -0.2) is 4.79 Å². The van der Waals surface area contributed by atoms with E-state index in [9.17, 15) is 19.7 Å². The Labute approximate surface area is 173 Å². The standard InChI is InChI=1S/C23H20N2O5/c1-16-13-19(11-12-21(16)25(28)29)23(27)30-15-22(26)24-20-10-6-5-9-18(20)14-17-7-3-2-4-8-17/h2-13H,14-15H2,1H3,(H,24,26). The zero-order chi connectivity index (χ0) is 21.5. The first kappa shape index (κ1) is 20.7. The average molecular weight is 404 g/mol. The van der Waals surface area contributed by atoms with Crippen molar-refractivity contribution >= 4 is 23.3 Å². The van der Waals surface area contributed by atoms with E-state index in [-0.39, 0.29) is 11.3 Å². The number of carbonyl (C=O) groups is 2. The Kier molecular flexibility index (Phi) is 6.54. The number of aryl methyl sites for hydroxylation is 1. The van der Waals surface area contributed by atoms with Crippen LogP contribution in [0.2, 0.25) is 0 Å². The minimum atomic E-state index is -0.722. The number of esters is 1. The molecule has 7 heteroatoms. The normalized spacial score (nSPS) is 10.3. The molecule has 0 bridgehead atoms. The van der Waals surface area contributed by atoms with Crippen LogP contribution < -0.4 is 5.32 Å². The monoisotopic (exact) mass is 404 g/mol. The highest BCUT2D eigenvalue weighted by Crippen LogP contribution is 2.20. The highest BCUT2D eigenvalue weighted by molar-refractivity contribution is 5.96. The van der Waals surface area contributed by atoms with E-state index in [0.29, 0.717) is 17.7 Å². The zero-order valence-corrected chi connectivity index (χ0v) is 16.3. The van der Waals surface area contributed by atoms with Gasteiger partial charge in [-0.05, 0) is 42.7 Å². The van der Waals surface area contributed by atoms with Gasteiger partial charge in [0.25, 0.3) is 11.6 Å². The Morgan fingerprint density at radius 2 is 1.70 bits per heavy atom. The van der Waals surface area contributed by atoms with Crippen LogP contribution in [0.5, 0.6) is 0 Å². The number of para-hydroxylation sites is 1. The number of ether oxygens (including phenoxy) is 1. The highest BCUT2D eigenvalue weighted by Gasteiger charge is 2.16. The fourth-order valence-electron chi connectivity index (χ4n) is 3.00. The summed E-state index contributed by atoms with van der Waals surface area (Å²) in [5.41, 5.74) is 3.10. The quantitative estimate of drug-likeness (QED) is 0.360. The topological polar surface area (TPSA) is 98.5 Å². The number of hydrogen-bond donors (Lipinski definition) is 1. The molecule has 1 amide bonds. The van der Waals surface area contributed by atoms with E-state index in [1.54, 1.807) is 6.07 Å². The molecule has 0 spiro atoms. The molecule has 0 aliphatic rings. The number of carbonyl (C=O) groups excluding carboxylic acids is 2. The number of amides is 1. The number of nitrogens with zero attached hydrogens (tertiary/aromatic N) is 1. The first-order valence-electron chi connectivity index (χ1n) is 9.28. The Morgan fingerprint density at radius 3 is 2.40 bits per heavy atom. The zero-order valence-electron chi connectivity index (χ0n) is 16.3. The van der Waals surface area contributed by atoms with Gasteiger partial charge in [0.15, 0.2) is 6.61 Å². The molecule has 0 saturated heterocycles. The van der Waals surface area contributed by atoms with Crippen LogP contribution in [0.15, 0.2) is 72.8 Å². The van der Waals surface area contributed by atoms with Crippen molar-refractivity contribution in [1.29, 1.82) is 0 Å². The van der Waals surface area contributed by atoms with E-state index < -0.39 is 23.4 Å². The number of hydrogen-bond acceptors (Lipinski definition) is 5. The van der Waals surface area contributed by atoms with Crippen molar-refractivity contribution in [3.8, 4) is 0 Å². The second-order valence-electron chi connectivity index (χ2n) is 6.70. The van der Waals surface area contributed by atoms with Crippen molar-refractivity contribution in [2.45, 2.75) is 13.3 Å². The number of nitro groups is 1. The fourth-order valence-corrected chi connectivity index (χ4v) is 3.00. The largest absolute Gasteiger partial charge is 0.452 e. The molecule has 1 N–H and O–H groups in total. The minimum absolute atomic E-state index is 0.0840. The lowest BCUT2D eigenvalue weighted by atomic mass is 10.0. The van der Waals surface area contributed by atoms with Crippen molar-refractivity contribution in [3.05, 3.63) is 105 Å². The van der Waals surface area contributed by atoms with E-state index in [1.807, 2.05) is 48.5 Å². The fraction of sp³-hybridized carbons (Fsp3) is 0.130. The number of nitro benzene ring substituents is 1. The molecule has 3 rings (SSSR count). The lowest BCUT2D eigenvalue weighted by Crippen LogP contribution is -2.21. The lowest BCUT2D eigenvalue weighted by molar-refractivity contribution is -0.385. The van der Waals surface area contributed by atoms with Gasteiger partial charge in [0.2, 0.25) is 0 Å². The van der Waals surface area contributed by atoms with E-state index in [1.165, 1.54) is 25.1 Å². The maximum atomic E-state index is 12.3. The van der Waals surface area contributed by atoms with Crippen molar-refractivity contribution in [2.75, 3.05) is 11.9 Å². The highest BCUT2D eigenvalue weighted by atomic mass is 16.6. The second-order valence-corrected chi connectivity index (χ2v) is 6.70. The second kappa shape index (κ2) is 9.47. The molecule has 0 radical (unpaired) electrons. The molecular weight excluding hydrogens is 384 g/mol. The van der Waals surface area contributed by atoms with Crippen LogP contribution in [0.25, 0.3) is 0 Å². The third-order valence-corrected chi connectivity index (χ3v) is 4.49. The van der Waals surface area contributed by atoms with Crippen LogP contribution in [0.3, 0.4) is 0 Å². The molecule has 0 unspecified atom stereocenters. The summed E-state index contributed by atoms with van der Waals surface area (Å²) in [6.07, 6.45) is 0.652. The molecule has 0 aliphatic carbocycles. The predicted molar refractivity (Wildman–Crippen MR) is 112 cm³/mol. The van der Waals surface area contributed by atoms with Gasteiger partial charge in [-0.15, -0.1) is 0 Å². The van der Waals surface area contributed by atoms with Gasteiger partial charge < -0.3 is 10.1 Å². The van der Waals surface area contributed by atoms with Crippen LogP contribution >= 0.6 is 0 Å². The van der Waals surface area contributed by atoms with Gasteiger partial charge in [-0.2, -0.15) is 0 Å². The summed E-state index contributed by atoms with van der Waals surface area (Å²) in [5, 5.41) is 13.6. The third-order valence-electron chi connectivity index (χ3n) is 4.49. The van der Waals surface area contributed by atoms with Crippen molar-refractivity contribution in [2.24, 2.45) is 0 Å². The number of anilines is 1. The Bertz CT molecular complexity index is 1080. The molecular formula is C23H20N2O5. The van der Waals surface area contributed by atoms with Crippen molar-refractivity contribution in [1.82, 2.24) is 0 Å². The van der Waals surface area contributed by atoms with Crippen LogP contribution in [0, 0.1) is 17.0 Å². The van der Waals surface area contributed by atoms with Crippen molar-refractivity contribution < 1.29 is 19.2 Å². The first-order valence-corrected chi connectivity index (χ1v) is 9.28. The molecule has 0 aromatic heterocycles. The minimum Gasteiger partial charge on any atom is -0.452 e. The van der Waals surface area contributed by atoms with E-state index in [0.717, 1.165) is 11.1 Å². The van der Waals surface area contributed by atoms with Gasteiger partial charge in [0, 0.05) is 17.3 Å². The smallest absolute Gasteiger partial charge is 0.338 e. The van der Waals surface area contributed by atoms with E-state index in [4.69, 9.17) is 4.74 Å². The summed E-state index contributed by atoms with van der Waals surface area (Å²) in [4.78, 5) is 34.8. The molecule has 3 aromatic carbocycles. The van der Waals surface area contributed by atoms with Gasteiger partial charge in [-0.3, -0.25) is 14.9 Å². The van der Waals surface area contributed by atoms with E-state index >= 15 is 0 Å². The molecule has 0 heterocycles. The van der Waals surface area contributed by atoms with Gasteiger partial charge in [-0.1, -0.05) is 48.5 Å². The number of rotatable bonds is 7. The van der Waals surface area contributed by atoms with E-state index in [2.05, 4.69) is 5.32 Å². The summed E-state index contributed by atoms with van der Waals surface area (Å²) < 4.78 is 5.05. The first-order chi connectivity index (χ1) is 14.4. The third kappa shape index (κ3) is 5.29. The molecule has 152 valence electrons. The van der Waals surface area contributed by atoms with Gasteiger partial charge in [0.1, 0.15) is 0 Å². The maximum Gasteiger partial charge on any atom is 0.338 e. The molecule has 30 heavy (non-hydrogen) atoms. The molecule has 7 nitrogen and oxygen atoms in total. The van der Waals surface area contributed by atoms with Gasteiger partial charge in [0.05, 0.1) is 10.5 Å². The van der Waals surface area contributed by atoms with Crippen LogP contribution in [-0.4, -0.2) is 23.4 Å². The summed E-state index contributed by atoms with van der Waals surface area (Å²) in [7, 11) is 0. The molecule has 0 aliphatic heterocycles. The maximum absolute atomic E-state index is 12.3. The van der Waals surface area contributed by atoms with Crippen LogP contribution in [0.1, 0.15) is 27.0 Å². The average Bonchev–Trinajstić information content (AvgIpc) is 2.74. The summed E-state index contributed by atoms with van der Waals surface area (Å²) >= 11 is 0. The van der Waals surface area contributed by atoms with Gasteiger partial charge >= 0.3 is 5.97 Å². The Morgan fingerprint density at radius 1 is 1.00 bits per heavy atom. The van der Waals surface area contributed by atoms with Crippen LogP contribution in [-0.2, 0) is 16.0 Å². The predicted octanol–water partition coefficient (Wildman–Crippen LogP) is 4.29. The SMILES string of the molecule is Cc1cc(C(=O)OCC(=O)Nc2ccccc2Cc2ccccc2)ccc1[N+](=O)[O-]. The van der Waals surface area contributed by atoms with Crippen LogP contribution in [0.4, 0.5) is 11.4 Å². The Hall–Kier alpha value is -4.00. The number of nitrogens with one attached hydrogen (secondary N) is 1. The summed E-state index contributed by atoms with van der Waals surface area (Å²) in [6.45, 7) is 1.07. The molecule has 3 aromatic rings. The number of benzene rings is 3. The molecule has 0 atom stereocenters. The molecule has 0 fully saturated rings. The molecule has 0 saturated carbocycles. The summed E-state index contributed by atoms with van der Waals surface area (Å²) in [6, 6.07) is 21.2. The van der Waals surface area contributed by atoms with Crippen molar-refractivity contribution in [3.63, 3.8) is 0 Å². The Balaban J connectivity index is 1.61.